The Bertz CT molecular complexity index is 1070. The second-order valence-electron chi connectivity index (χ2n) is 7.08. The Morgan fingerprint density at radius 2 is 2.16 bits per heavy atom. The Balaban J connectivity index is 1.56. The molecule has 162 valence electrons. The van der Waals surface area contributed by atoms with E-state index >= 15 is 0 Å². The average molecular weight is 425 g/mol. The number of piperidine rings is 1. The highest BCUT2D eigenvalue weighted by molar-refractivity contribution is 5.94. The Morgan fingerprint density at radius 3 is 2.90 bits per heavy atom. The van der Waals surface area contributed by atoms with Crippen LogP contribution in [0, 0.1) is 0 Å². The van der Waals surface area contributed by atoms with E-state index in [1.165, 1.54) is 17.3 Å². The number of benzene rings is 1. The molecule has 3 N–H and O–H groups in total. The van der Waals surface area contributed by atoms with Crippen LogP contribution in [0.3, 0.4) is 0 Å². The van der Waals surface area contributed by atoms with E-state index in [1.807, 2.05) is 18.2 Å². The molecule has 31 heavy (non-hydrogen) atoms. The molecule has 12 heteroatoms. The monoisotopic (exact) mass is 425 g/mol. The molecule has 0 atom stereocenters. The van der Waals surface area contributed by atoms with Gasteiger partial charge in [-0.1, -0.05) is 23.8 Å². The number of methoxy groups -OCH3 is 1. The van der Waals surface area contributed by atoms with Crippen LogP contribution in [-0.2, 0) is 6.54 Å². The summed E-state index contributed by atoms with van der Waals surface area (Å²) in [5.41, 5.74) is 9.78. The first kappa shape index (κ1) is 20.5. The van der Waals surface area contributed by atoms with Gasteiger partial charge in [0, 0.05) is 6.54 Å². The largest absolute Gasteiger partial charge is 0.497 e. The first-order chi connectivity index (χ1) is 15.2. The van der Waals surface area contributed by atoms with Gasteiger partial charge in [-0.25, -0.2) is 10.1 Å². The number of nitrogen functional groups attached to an aromatic ring is 1. The molecule has 0 bridgehead atoms. The van der Waals surface area contributed by atoms with Crippen LogP contribution in [0.1, 0.15) is 41.0 Å². The molecule has 1 aromatic carbocycles. The zero-order chi connectivity index (χ0) is 21.6. The molecule has 1 aliphatic heterocycles. The van der Waals surface area contributed by atoms with E-state index in [2.05, 4.69) is 40.7 Å². The van der Waals surface area contributed by atoms with Crippen molar-refractivity contribution in [2.75, 3.05) is 25.9 Å². The summed E-state index contributed by atoms with van der Waals surface area (Å²) in [6, 6.07) is 7.30. The summed E-state index contributed by atoms with van der Waals surface area (Å²) in [4.78, 5) is 15.0. The van der Waals surface area contributed by atoms with Crippen LogP contribution >= 0.6 is 0 Å². The molecule has 3 heterocycles. The number of hydrazone groups is 1. The number of nitrogens with two attached hydrogens (primary N) is 1. The number of carbonyl (C=O) groups excluding carboxylic acids is 1. The van der Waals surface area contributed by atoms with Crippen LogP contribution in [0.25, 0.3) is 5.82 Å². The van der Waals surface area contributed by atoms with Crippen LogP contribution in [-0.4, -0.2) is 62.5 Å². The van der Waals surface area contributed by atoms with Crippen LogP contribution < -0.4 is 15.9 Å². The first-order valence-electron chi connectivity index (χ1n) is 9.88. The lowest BCUT2D eigenvalue weighted by molar-refractivity contribution is 0.0947. The van der Waals surface area contributed by atoms with Crippen molar-refractivity contribution in [3.63, 3.8) is 0 Å². The fourth-order valence-electron chi connectivity index (χ4n) is 3.40. The quantitative estimate of drug-likeness (QED) is 0.417. The van der Waals surface area contributed by atoms with Crippen molar-refractivity contribution >= 4 is 17.9 Å². The number of carbonyl (C=O) groups is 1. The normalized spacial score (nSPS) is 14.7. The van der Waals surface area contributed by atoms with Crippen LogP contribution in [0.5, 0.6) is 5.75 Å². The zero-order valence-electron chi connectivity index (χ0n) is 17.1. The molecule has 0 saturated carbocycles. The molecule has 4 rings (SSSR count). The molecular weight excluding hydrogens is 402 g/mol. The first-order valence-corrected chi connectivity index (χ1v) is 9.88. The fraction of sp³-hybridized carbons (Fsp3) is 0.368. The van der Waals surface area contributed by atoms with Crippen LogP contribution in [0.15, 0.2) is 34.0 Å². The zero-order valence-corrected chi connectivity index (χ0v) is 17.1. The SMILES string of the molecule is COc1cccc(/C=N/NC(=O)c2nnn(-c3nonc3N)c2CN2CCCCC2)c1. The van der Waals surface area contributed by atoms with Gasteiger partial charge in [0.05, 0.1) is 19.0 Å². The highest BCUT2D eigenvalue weighted by Crippen LogP contribution is 2.19. The van der Waals surface area contributed by atoms with E-state index in [-0.39, 0.29) is 17.3 Å². The average Bonchev–Trinajstić information content (AvgIpc) is 3.40. The summed E-state index contributed by atoms with van der Waals surface area (Å²) in [7, 11) is 1.59. The van der Waals surface area contributed by atoms with Crippen molar-refractivity contribution in [2.24, 2.45) is 5.10 Å². The van der Waals surface area contributed by atoms with E-state index < -0.39 is 5.91 Å². The maximum absolute atomic E-state index is 12.8. The second-order valence-corrected chi connectivity index (χ2v) is 7.08. The molecule has 12 nitrogen and oxygen atoms in total. The molecule has 0 spiro atoms. The number of hydrogen-bond donors (Lipinski definition) is 2. The Morgan fingerprint density at radius 1 is 1.32 bits per heavy atom. The van der Waals surface area contributed by atoms with E-state index in [0.29, 0.717) is 18.0 Å². The van der Waals surface area contributed by atoms with Crippen molar-refractivity contribution in [3.05, 3.63) is 41.2 Å². The van der Waals surface area contributed by atoms with Crippen LogP contribution in [0.4, 0.5) is 5.82 Å². The molecule has 1 aliphatic rings. The predicted molar refractivity (Wildman–Crippen MR) is 111 cm³/mol. The van der Waals surface area contributed by atoms with Gasteiger partial charge in [-0.2, -0.15) is 9.78 Å². The number of likely N-dealkylation sites (tertiary alicyclic amines) is 1. The Kier molecular flexibility index (Phi) is 6.17. The topological polar surface area (TPSA) is 150 Å². The maximum Gasteiger partial charge on any atom is 0.293 e. The van der Waals surface area contributed by atoms with Crippen molar-refractivity contribution in [2.45, 2.75) is 25.8 Å². The summed E-state index contributed by atoms with van der Waals surface area (Å²) in [6.45, 7) is 2.31. The predicted octanol–water partition coefficient (Wildman–Crippen LogP) is 0.991. The number of rotatable bonds is 7. The maximum atomic E-state index is 12.8. The van der Waals surface area contributed by atoms with Crippen molar-refractivity contribution in [1.29, 1.82) is 0 Å². The molecule has 1 saturated heterocycles. The van der Waals surface area contributed by atoms with E-state index in [9.17, 15) is 4.79 Å². The summed E-state index contributed by atoms with van der Waals surface area (Å²) in [5.74, 6) is 0.458. The van der Waals surface area contributed by atoms with Gasteiger partial charge >= 0.3 is 0 Å². The van der Waals surface area contributed by atoms with Gasteiger partial charge in [-0.05, 0) is 53.9 Å². The molecule has 0 aliphatic carbocycles. The number of ether oxygens (including phenoxy) is 1. The molecular formula is C19H23N9O3. The lowest BCUT2D eigenvalue weighted by atomic mass is 10.1. The minimum atomic E-state index is -0.493. The highest BCUT2D eigenvalue weighted by Gasteiger charge is 2.26. The van der Waals surface area contributed by atoms with Gasteiger partial charge in [-0.3, -0.25) is 9.69 Å². The summed E-state index contributed by atoms with van der Waals surface area (Å²) < 4.78 is 11.3. The number of hydrogen-bond acceptors (Lipinski definition) is 10. The molecule has 2 aromatic heterocycles. The van der Waals surface area contributed by atoms with E-state index in [4.69, 9.17) is 10.5 Å². The lowest BCUT2D eigenvalue weighted by Gasteiger charge is -2.26. The van der Waals surface area contributed by atoms with Gasteiger partial charge < -0.3 is 10.5 Å². The number of amides is 1. The summed E-state index contributed by atoms with van der Waals surface area (Å²) >= 11 is 0. The standard InChI is InChI=1S/C19H23N9O3/c1-30-14-7-5-6-13(10-14)11-21-23-19(29)16-15(12-27-8-3-2-4-9-27)28(26-22-16)18-17(20)24-31-25-18/h5-7,10-11H,2-4,8-9,12H2,1H3,(H2,20,24)(H,23,29)/b21-11+. The van der Waals surface area contributed by atoms with Gasteiger partial charge in [0.25, 0.3) is 5.91 Å². The minimum Gasteiger partial charge on any atom is -0.497 e. The smallest absolute Gasteiger partial charge is 0.293 e. The molecule has 1 fully saturated rings. The fourth-order valence-corrected chi connectivity index (χ4v) is 3.40. The van der Waals surface area contributed by atoms with Gasteiger partial charge in [-0.15, -0.1) is 5.10 Å². The third-order valence-electron chi connectivity index (χ3n) is 4.97. The lowest BCUT2D eigenvalue weighted by Crippen LogP contribution is -2.31. The second kappa shape index (κ2) is 9.34. The number of anilines is 1. The molecule has 0 unspecified atom stereocenters. The van der Waals surface area contributed by atoms with Gasteiger partial charge in [0.2, 0.25) is 11.6 Å². The Hall–Kier alpha value is -3.80. The highest BCUT2D eigenvalue weighted by atomic mass is 16.6. The third-order valence-corrected chi connectivity index (χ3v) is 4.97. The van der Waals surface area contributed by atoms with Crippen LogP contribution in [0.2, 0.25) is 0 Å². The number of nitrogens with zero attached hydrogens (tertiary/aromatic N) is 7. The van der Waals surface area contributed by atoms with E-state index in [1.54, 1.807) is 13.2 Å². The minimum absolute atomic E-state index is 0.0628. The third kappa shape index (κ3) is 4.69. The number of nitrogens with one attached hydrogen (secondary N) is 1. The van der Waals surface area contributed by atoms with E-state index in [0.717, 1.165) is 31.5 Å². The molecule has 0 radical (unpaired) electrons. The summed E-state index contributed by atoms with van der Waals surface area (Å²) in [5, 5.41) is 19.5. The Labute approximate surface area is 178 Å². The van der Waals surface area contributed by atoms with Crippen molar-refractivity contribution in [1.82, 2.24) is 35.6 Å². The van der Waals surface area contributed by atoms with Gasteiger partial charge in [0.15, 0.2) is 5.69 Å². The van der Waals surface area contributed by atoms with Crippen molar-refractivity contribution < 1.29 is 14.2 Å². The number of aromatic nitrogens is 5. The molecule has 1 amide bonds. The summed E-state index contributed by atoms with van der Waals surface area (Å²) in [6.07, 6.45) is 4.92. The van der Waals surface area contributed by atoms with Crippen molar-refractivity contribution in [3.8, 4) is 11.6 Å². The van der Waals surface area contributed by atoms with Gasteiger partial charge in [0.1, 0.15) is 5.75 Å². The molecule has 3 aromatic rings.